The first-order valence-corrected chi connectivity index (χ1v) is 6.54. The van der Waals surface area contributed by atoms with Gasteiger partial charge in [0.05, 0.1) is 12.0 Å². The van der Waals surface area contributed by atoms with E-state index in [0.717, 1.165) is 0 Å². The van der Waals surface area contributed by atoms with E-state index < -0.39 is 38.7 Å². The predicted octanol–water partition coefficient (Wildman–Crippen LogP) is -1.44. The van der Waals surface area contributed by atoms with Crippen LogP contribution < -0.4 is 0 Å². The van der Waals surface area contributed by atoms with E-state index >= 15 is 0 Å². The van der Waals surface area contributed by atoms with Crippen LogP contribution in [-0.2, 0) is 24.4 Å². The van der Waals surface area contributed by atoms with Gasteiger partial charge in [-0.05, 0) is 0 Å². The maximum absolute atomic E-state index is 10.4. The van der Waals surface area contributed by atoms with E-state index in [-0.39, 0.29) is 0 Å². The predicted molar refractivity (Wildman–Crippen MR) is 43.0 cm³/mol. The molecule has 9 heteroatoms. The zero-order valence-electron chi connectivity index (χ0n) is 6.74. The van der Waals surface area contributed by atoms with Crippen molar-refractivity contribution in [2.24, 2.45) is 0 Å². The third-order valence-corrected chi connectivity index (χ3v) is 2.23. The molecule has 0 aliphatic rings. The van der Waals surface area contributed by atoms with Gasteiger partial charge in [-0.3, -0.25) is 4.55 Å². The Morgan fingerprint density at radius 1 is 1.31 bits per heavy atom. The summed E-state index contributed by atoms with van der Waals surface area (Å²) >= 11 is 0. The Kier molecular flexibility index (Phi) is 4.26. The van der Waals surface area contributed by atoms with Crippen molar-refractivity contribution in [2.45, 2.75) is 12.7 Å². The second kappa shape index (κ2) is 4.33. The van der Waals surface area contributed by atoms with Gasteiger partial charge in [0.2, 0.25) is 0 Å². The van der Waals surface area contributed by atoms with Crippen LogP contribution in [-0.4, -0.2) is 44.8 Å². The second-order valence-corrected chi connectivity index (χ2v) is 5.50. The molecule has 13 heavy (non-hydrogen) atoms. The largest absolute Gasteiger partial charge is 0.367 e. The minimum atomic E-state index is -4.21. The molecule has 0 rings (SSSR count). The fraction of sp³-hybridized carbons (Fsp3) is 1.00. The molecule has 0 heterocycles. The third-order valence-electron chi connectivity index (χ3n) is 0.909. The molecule has 0 spiro atoms. The quantitative estimate of drug-likeness (QED) is 0.339. The van der Waals surface area contributed by atoms with Gasteiger partial charge >= 0.3 is 0 Å². The van der Waals surface area contributed by atoms with Crippen LogP contribution in [0.2, 0.25) is 0 Å². The fourth-order valence-electron chi connectivity index (χ4n) is 0.500. The Balaban J connectivity index is 3.98. The number of rotatable bonds is 5. The number of hydrogen-bond acceptors (Lipinski definition) is 6. The van der Waals surface area contributed by atoms with E-state index in [9.17, 15) is 16.8 Å². The first kappa shape index (κ1) is 12.8. The Hall–Kier alpha value is -0.220. The third kappa shape index (κ3) is 9.70. The lowest BCUT2D eigenvalue weighted by molar-refractivity contribution is -0.0126. The van der Waals surface area contributed by atoms with Gasteiger partial charge in [0.15, 0.2) is 6.29 Å². The second-order valence-electron chi connectivity index (χ2n) is 2.33. The van der Waals surface area contributed by atoms with Crippen LogP contribution in [0, 0.1) is 0 Å². The van der Waals surface area contributed by atoms with E-state index in [1.807, 2.05) is 0 Å². The van der Waals surface area contributed by atoms with Crippen LogP contribution in [0.25, 0.3) is 0 Å². The van der Waals surface area contributed by atoms with E-state index in [0.29, 0.717) is 6.26 Å². The maximum atomic E-state index is 10.4. The molecule has 0 bridgehead atoms. The lowest BCUT2D eigenvalue weighted by Gasteiger charge is -2.07. The highest BCUT2D eigenvalue weighted by Crippen LogP contribution is 2.00. The molecule has 1 atom stereocenters. The molecule has 0 saturated heterocycles. The van der Waals surface area contributed by atoms with Crippen molar-refractivity contribution in [3.63, 3.8) is 0 Å². The molecule has 0 fully saturated rings. The molecule has 0 aromatic heterocycles. The van der Waals surface area contributed by atoms with Crippen LogP contribution in [0.5, 0.6) is 0 Å². The summed E-state index contributed by atoms with van der Waals surface area (Å²) in [6.45, 7) is 0. The van der Waals surface area contributed by atoms with Crippen LogP contribution in [0.1, 0.15) is 6.42 Å². The smallest absolute Gasteiger partial charge is 0.266 e. The maximum Gasteiger partial charge on any atom is 0.266 e. The highest BCUT2D eigenvalue weighted by atomic mass is 32.2. The van der Waals surface area contributed by atoms with Gasteiger partial charge in [-0.1, -0.05) is 0 Å². The molecular weight excluding hydrogens is 224 g/mol. The number of aliphatic hydroxyl groups is 1. The average Bonchev–Trinajstić information content (AvgIpc) is 1.78. The molecule has 0 radical (unpaired) electrons. The Morgan fingerprint density at radius 2 is 1.77 bits per heavy atom. The minimum absolute atomic E-state index is 0.508. The highest BCUT2D eigenvalue weighted by Gasteiger charge is 2.15. The summed E-state index contributed by atoms with van der Waals surface area (Å²) in [5.41, 5.74) is 0. The zero-order chi connectivity index (χ0) is 10.7. The van der Waals surface area contributed by atoms with Gasteiger partial charge in [0.1, 0.15) is 0 Å². The summed E-state index contributed by atoms with van der Waals surface area (Å²) in [5, 5.41) is 8.77. The van der Waals surface area contributed by atoms with E-state index in [1.54, 1.807) is 0 Å². The lowest BCUT2D eigenvalue weighted by Crippen LogP contribution is -2.20. The van der Waals surface area contributed by atoms with Gasteiger partial charge in [0, 0.05) is 6.42 Å². The Morgan fingerprint density at radius 3 is 2.08 bits per heavy atom. The van der Waals surface area contributed by atoms with E-state index in [4.69, 9.17) is 9.66 Å². The molecule has 0 amide bonds. The topological polar surface area (TPSA) is 118 Å². The van der Waals surface area contributed by atoms with Crippen LogP contribution in [0.3, 0.4) is 0 Å². The van der Waals surface area contributed by atoms with Gasteiger partial charge in [-0.15, -0.1) is 0 Å². The highest BCUT2D eigenvalue weighted by molar-refractivity contribution is 7.86. The molecule has 2 N–H and O–H groups in total. The van der Waals surface area contributed by atoms with Gasteiger partial charge in [-0.2, -0.15) is 16.8 Å². The summed E-state index contributed by atoms with van der Waals surface area (Å²) in [4.78, 5) is 0. The van der Waals surface area contributed by atoms with Gasteiger partial charge in [0.25, 0.3) is 20.2 Å². The van der Waals surface area contributed by atoms with Crippen molar-refractivity contribution in [1.29, 1.82) is 0 Å². The average molecular weight is 234 g/mol. The zero-order valence-corrected chi connectivity index (χ0v) is 8.38. The summed E-state index contributed by atoms with van der Waals surface area (Å²) < 4.78 is 53.2. The van der Waals surface area contributed by atoms with Crippen molar-refractivity contribution in [3.05, 3.63) is 0 Å². The van der Waals surface area contributed by atoms with Crippen LogP contribution in [0.4, 0.5) is 0 Å². The molecule has 7 nitrogen and oxygen atoms in total. The first-order valence-electron chi connectivity index (χ1n) is 3.11. The fourth-order valence-corrected chi connectivity index (χ4v) is 1.50. The van der Waals surface area contributed by atoms with Crippen molar-refractivity contribution in [3.8, 4) is 0 Å². The molecule has 0 aromatic rings. The lowest BCUT2D eigenvalue weighted by atomic mass is 10.5. The van der Waals surface area contributed by atoms with Crippen molar-refractivity contribution < 1.29 is 30.7 Å². The number of hydrogen-bond donors (Lipinski definition) is 2. The van der Waals surface area contributed by atoms with Crippen molar-refractivity contribution in [1.82, 2.24) is 0 Å². The van der Waals surface area contributed by atoms with Crippen molar-refractivity contribution >= 4 is 20.2 Å². The SMILES string of the molecule is CS(=O)(=O)OC(O)CCS(=O)(=O)O. The van der Waals surface area contributed by atoms with Crippen molar-refractivity contribution in [2.75, 3.05) is 12.0 Å². The molecule has 1 unspecified atom stereocenters. The number of aliphatic hydroxyl groups excluding tert-OH is 1. The summed E-state index contributed by atoms with van der Waals surface area (Å²) in [7, 11) is -8.03. The summed E-state index contributed by atoms with van der Waals surface area (Å²) in [6.07, 6.45) is -1.55. The molecule has 0 aromatic carbocycles. The van der Waals surface area contributed by atoms with Gasteiger partial charge in [-0.25, -0.2) is 4.18 Å². The normalized spacial score (nSPS) is 15.6. The monoisotopic (exact) mass is 234 g/mol. The minimum Gasteiger partial charge on any atom is -0.367 e. The standard InChI is InChI=1S/C4H10O7S2/c1-12(6,7)11-4(5)2-3-13(8,9)10/h4-5H,2-3H2,1H3,(H,8,9,10). The van der Waals surface area contributed by atoms with Crippen LogP contribution >= 0.6 is 0 Å². The van der Waals surface area contributed by atoms with Gasteiger partial charge < -0.3 is 5.11 Å². The molecule has 80 valence electrons. The summed E-state index contributed by atoms with van der Waals surface area (Å²) in [6, 6.07) is 0. The van der Waals surface area contributed by atoms with E-state index in [1.165, 1.54) is 0 Å². The first-order chi connectivity index (χ1) is 5.60. The van der Waals surface area contributed by atoms with E-state index in [2.05, 4.69) is 4.18 Å². The molecule has 0 saturated carbocycles. The Bertz CT molecular complexity index is 339. The van der Waals surface area contributed by atoms with Crippen LogP contribution in [0.15, 0.2) is 0 Å². The molecule has 0 aliphatic heterocycles. The summed E-state index contributed by atoms with van der Waals surface area (Å²) in [5.74, 6) is -0.760. The Labute approximate surface area is 76.2 Å². The molecular formula is C4H10O7S2. The molecule has 0 aliphatic carbocycles.